The van der Waals surface area contributed by atoms with Crippen LogP contribution in [0, 0.1) is 6.92 Å². The lowest BCUT2D eigenvalue weighted by Gasteiger charge is -2.10. The third-order valence-electron chi connectivity index (χ3n) is 3.86. The number of para-hydroxylation sites is 1. The number of hydrogen-bond acceptors (Lipinski definition) is 4. The van der Waals surface area contributed by atoms with E-state index in [1.165, 1.54) is 5.56 Å². The van der Waals surface area contributed by atoms with E-state index in [2.05, 4.69) is 21.6 Å². The standard InChI is InChI=1S/C19H23N3O2/c1-3-23-17-7-5-4-6-15(17)10-11-20-12-16-13-21-22-19(16)18-9-8-14(2)24-18/h4-9,13,20H,3,10-12H2,1-2H3,(H,21,22). The number of H-pyrrole nitrogens is 1. The second-order valence-corrected chi connectivity index (χ2v) is 5.65. The summed E-state index contributed by atoms with van der Waals surface area (Å²) in [6.07, 6.45) is 2.76. The molecule has 0 amide bonds. The van der Waals surface area contributed by atoms with Crippen molar-refractivity contribution in [1.82, 2.24) is 15.5 Å². The van der Waals surface area contributed by atoms with Crippen LogP contribution in [0.15, 0.2) is 47.0 Å². The Balaban J connectivity index is 1.56. The molecule has 1 aromatic carbocycles. The van der Waals surface area contributed by atoms with Crippen LogP contribution in [0.2, 0.25) is 0 Å². The maximum atomic E-state index is 5.67. The summed E-state index contributed by atoms with van der Waals surface area (Å²) in [6, 6.07) is 12.1. The molecule has 0 unspecified atom stereocenters. The monoisotopic (exact) mass is 325 g/mol. The molecule has 2 N–H and O–H groups in total. The Labute approximate surface area is 142 Å². The van der Waals surface area contributed by atoms with E-state index in [0.29, 0.717) is 6.61 Å². The van der Waals surface area contributed by atoms with E-state index in [4.69, 9.17) is 9.15 Å². The maximum Gasteiger partial charge on any atom is 0.152 e. The number of furan rings is 1. The molecule has 0 saturated heterocycles. The molecule has 2 aromatic heterocycles. The molecule has 3 aromatic rings. The van der Waals surface area contributed by atoms with Gasteiger partial charge in [0.2, 0.25) is 0 Å². The van der Waals surface area contributed by atoms with Crippen LogP contribution in [-0.2, 0) is 13.0 Å². The first kappa shape index (κ1) is 16.3. The predicted octanol–water partition coefficient (Wildman–Crippen LogP) is 3.71. The van der Waals surface area contributed by atoms with E-state index in [-0.39, 0.29) is 0 Å². The van der Waals surface area contributed by atoms with E-state index in [9.17, 15) is 0 Å². The van der Waals surface area contributed by atoms with E-state index in [0.717, 1.165) is 48.0 Å². The van der Waals surface area contributed by atoms with Crippen molar-refractivity contribution in [3.63, 3.8) is 0 Å². The highest BCUT2D eigenvalue weighted by atomic mass is 16.5. The lowest BCUT2D eigenvalue weighted by atomic mass is 10.1. The lowest BCUT2D eigenvalue weighted by Crippen LogP contribution is -2.17. The molecule has 0 atom stereocenters. The molecule has 0 aliphatic carbocycles. The van der Waals surface area contributed by atoms with Crippen molar-refractivity contribution < 1.29 is 9.15 Å². The quantitative estimate of drug-likeness (QED) is 0.620. The van der Waals surface area contributed by atoms with Crippen LogP contribution in [0.25, 0.3) is 11.5 Å². The SMILES string of the molecule is CCOc1ccccc1CCNCc1cn[nH]c1-c1ccc(C)o1. The van der Waals surface area contributed by atoms with Crippen LogP contribution in [-0.4, -0.2) is 23.3 Å². The summed E-state index contributed by atoms with van der Waals surface area (Å²) in [6.45, 7) is 6.24. The first-order valence-electron chi connectivity index (χ1n) is 8.28. The number of aryl methyl sites for hydroxylation is 1. The summed E-state index contributed by atoms with van der Waals surface area (Å²) < 4.78 is 11.3. The maximum absolute atomic E-state index is 5.67. The summed E-state index contributed by atoms with van der Waals surface area (Å²) in [5.74, 6) is 2.69. The molecule has 5 nitrogen and oxygen atoms in total. The van der Waals surface area contributed by atoms with Gasteiger partial charge in [0.1, 0.15) is 17.2 Å². The molecule has 0 radical (unpaired) electrons. The summed E-state index contributed by atoms with van der Waals surface area (Å²) in [7, 11) is 0. The number of benzene rings is 1. The number of nitrogens with zero attached hydrogens (tertiary/aromatic N) is 1. The minimum atomic E-state index is 0.686. The first-order valence-corrected chi connectivity index (χ1v) is 8.28. The van der Waals surface area contributed by atoms with Gasteiger partial charge in [-0.3, -0.25) is 5.10 Å². The van der Waals surface area contributed by atoms with Crippen molar-refractivity contribution >= 4 is 0 Å². The van der Waals surface area contributed by atoms with Crippen molar-refractivity contribution in [2.45, 2.75) is 26.8 Å². The van der Waals surface area contributed by atoms with E-state index < -0.39 is 0 Å². The average molecular weight is 325 g/mol. The molecule has 0 aliphatic heterocycles. The Morgan fingerprint density at radius 1 is 1.17 bits per heavy atom. The minimum absolute atomic E-state index is 0.686. The van der Waals surface area contributed by atoms with Gasteiger partial charge in [-0.05, 0) is 50.6 Å². The van der Waals surface area contributed by atoms with Gasteiger partial charge in [-0.2, -0.15) is 5.10 Å². The highest BCUT2D eigenvalue weighted by Gasteiger charge is 2.11. The molecule has 0 spiro atoms. The second-order valence-electron chi connectivity index (χ2n) is 5.65. The van der Waals surface area contributed by atoms with Gasteiger partial charge in [-0.1, -0.05) is 18.2 Å². The van der Waals surface area contributed by atoms with Crippen molar-refractivity contribution in [3.8, 4) is 17.2 Å². The van der Waals surface area contributed by atoms with Gasteiger partial charge in [0.15, 0.2) is 5.76 Å². The summed E-state index contributed by atoms with van der Waals surface area (Å²) in [5.41, 5.74) is 3.26. The Hall–Kier alpha value is -2.53. The highest BCUT2D eigenvalue weighted by molar-refractivity contribution is 5.56. The number of nitrogens with one attached hydrogen (secondary N) is 2. The topological polar surface area (TPSA) is 63.1 Å². The average Bonchev–Trinajstić information content (AvgIpc) is 3.22. The molecular weight excluding hydrogens is 302 g/mol. The largest absolute Gasteiger partial charge is 0.494 e. The Morgan fingerprint density at radius 3 is 2.83 bits per heavy atom. The Kier molecular flexibility index (Phi) is 5.33. The third kappa shape index (κ3) is 3.86. The molecule has 126 valence electrons. The molecule has 3 rings (SSSR count). The van der Waals surface area contributed by atoms with Crippen LogP contribution in [0.3, 0.4) is 0 Å². The Bertz CT molecular complexity index is 776. The van der Waals surface area contributed by atoms with Gasteiger partial charge in [0.25, 0.3) is 0 Å². The fourth-order valence-electron chi connectivity index (χ4n) is 2.68. The normalized spacial score (nSPS) is 10.9. The molecule has 2 heterocycles. The van der Waals surface area contributed by atoms with E-state index in [1.807, 2.05) is 50.4 Å². The van der Waals surface area contributed by atoms with Crippen molar-refractivity contribution in [2.24, 2.45) is 0 Å². The van der Waals surface area contributed by atoms with Gasteiger partial charge in [0, 0.05) is 12.1 Å². The summed E-state index contributed by atoms with van der Waals surface area (Å²) >= 11 is 0. The number of rotatable bonds is 8. The van der Waals surface area contributed by atoms with Crippen LogP contribution >= 0.6 is 0 Å². The fraction of sp³-hybridized carbons (Fsp3) is 0.316. The van der Waals surface area contributed by atoms with Gasteiger partial charge in [-0.25, -0.2) is 0 Å². The first-order chi connectivity index (χ1) is 11.8. The van der Waals surface area contributed by atoms with Crippen molar-refractivity contribution in [1.29, 1.82) is 0 Å². The van der Waals surface area contributed by atoms with Crippen molar-refractivity contribution in [2.75, 3.05) is 13.2 Å². The van der Waals surface area contributed by atoms with Crippen LogP contribution < -0.4 is 10.1 Å². The van der Waals surface area contributed by atoms with Gasteiger partial charge >= 0.3 is 0 Å². The second kappa shape index (κ2) is 7.84. The van der Waals surface area contributed by atoms with Gasteiger partial charge in [0.05, 0.1) is 12.8 Å². The molecular formula is C19H23N3O2. The number of hydrogen-bond donors (Lipinski definition) is 2. The smallest absolute Gasteiger partial charge is 0.152 e. The zero-order chi connectivity index (χ0) is 16.8. The number of ether oxygens (including phenoxy) is 1. The molecule has 0 saturated carbocycles. The molecule has 0 bridgehead atoms. The lowest BCUT2D eigenvalue weighted by molar-refractivity contribution is 0.336. The van der Waals surface area contributed by atoms with Crippen LogP contribution in [0.1, 0.15) is 23.8 Å². The zero-order valence-electron chi connectivity index (χ0n) is 14.1. The van der Waals surface area contributed by atoms with Gasteiger partial charge < -0.3 is 14.5 Å². The molecule has 0 fully saturated rings. The number of aromatic nitrogens is 2. The predicted molar refractivity (Wildman–Crippen MR) is 94.0 cm³/mol. The summed E-state index contributed by atoms with van der Waals surface area (Å²) in [5, 5.41) is 10.6. The van der Waals surface area contributed by atoms with Gasteiger partial charge in [-0.15, -0.1) is 0 Å². The van der Waals surface area contributed by atoms with Crippen molar-refractivity contribution in [3.05, 3.63) is 59.5 Å². The van der Waals surface area contributed by atoms with Crippen LogP contribution in [0.5, 0.6) is 5.75 Å². The molecule has 0 aliphatic rings. The number of aromatic amines is 1. The third-order valence-corrected chi connectivity index (χ3v) is 3.86. The Morgan fingerprint density at radius 2 is 2.04 bits per heavy atom. The zero-order valence-corrected chi connectivity index (χ0v) is 14.1. The summed E-state index contributed by atoms with van der Waals surface area (Å²) in [4.78, 5) is 0. The van der Waals surface area contributed by atoms with E-state index >= 15 is 0 Å². The van der Waals surface area contributed by atoms with E-state index in [1.54, 1.807) is 0 Å². The molecule has 24 heavy (non-hydrogen) atoms. The molecule has 5 heteroatoms. The fourth-order valence-corrected chi connectivity index (χ4v) is 2.68. The minimum Gasteiger partial charge on any atom is -0.494 e. The highest BCUT2D eigenvalue weighted by Crippen LogP contribution is 2.23. The van der Waals surface area contributed by atoms with Crippen LogP contribution in [0.4, 0.5) is 0 Å².